The number of piperazine rings is 1. The molecular weight excluding hydrogens is 327 g/mol. The third kappa shape index (κ3) is 4.00. The number of amides is 1. The van der Waals surface area contributed by atoms with Gasteiger partial charge in [0.25, 0.3) is 0 Å². The maximum atomic E-state index is 13.0. The van der Waals surface area contributed by atoms with E-state index in [-0.39, 0.29) is 30.3 Å². The number of ketones is 1. The molecular formula is C18H19FN2O2S. The summed E-state index contributed by atoms with van der Waals surface area (Å²) in [4.78, 5) is 28.9. The van der Waals surface area contributed by atoms with E-state index >= 15 is 0 Å². The van der Waals surface area contributed by atoms with Gasteiger partial charge in [-0.2, -0.15) is 0 Å². The lowest BCUT2D eigenvalue weighted by molar-refractivity contribution is -0.131. The smallest absolute Gasteiger partial charge is 0.223 e. The lowest BCUT2D eigenvalue weighted by atomic mass is 10.1. The Balaban J connectivity index is 1.46. The number of hydrogen-bond acceptors (Lipinski definition) is 4. The van der Waals surface area contributed by atoms with E-state index in [1.165, 1.54) is 23.5 Å². The zero-order chi connectivity index (χ0) is 16.9. The van der Waals surface area contributed by atoms with Crippen molar-refractivity contribution in [3.05, 3.63) is 52.5 Å². The van der Waals surface area contributed by atoms with Crippen LogP contribution in [-0.2, 0) is 4.79 Å². The van der Waals surface area contributed by atoms with E-state index in [1.807, 2.05) is 16.3 Å². The van der Waals surface area contributed by atoms with Crippen LogP contribution in [0.3, 0.4) is 0 Å². The quantitative estimate of drug-likeness (QED) is 0.781. The molecule has 0 N–H and O–H groups in total. The molecule has 0 spiro atoms. The standard InChI is InChI=1S/C18H19FN2O2S/c19-14-3-5-15(6-4-14)20-9-11-21(12-10-20)18(23)8-7-16(22)17-2-1-13-24-17/h1-6,13H,7-12H2. The fourth-order valence-corrected chi connectivity index (χ4v) is 3.50. The maximum absolute atomic E-state index is 13.0. The summed E-state index contributed by atoms with van der Waals surface area (Å²) in [5.74, 6) is -0.190. The molecule has 6 heteroatoms. The van der Waals surface area contributed by atoms with Gasteiger partial charge in [0, 0.05) is 44.7 Å². The van der Waals surface area contributed by atoms with Crippen LogP contribution in [0.15, 0.2) is 41.8 Å². The predicted molar refractivity (Wildman–Crippen MR) is 93.1 cm³/mol. The van der Waals surface area contributed by atoms with Crippen molar-refractivity contribution in [1.82, 2.24) is 4.90 Å². The first-order chi connectivity index (χ1) is 11.6. The van der Waals surface area contributed by atoms with Crippen LogP contribution in [0.5, 0.6) is 0 Å². The molecule has 1 aliphatic heterocycles. The van der Waals surface area contributed by atoms with Crippen LogP contribution in [-0.4, -0.2) is 42.8 Å². The van der Waals surface area contributed by atoms with Gasteiger partial charge in [0.15, 0.2) is 5.78 Å². The zero-order valence-electron chi connectivity index (χ0n) is 13.3. The van der Waals surface area contributed by atoms with Crippen LogP contribution in [0.2, 0.25) is 0 Å². The van der Waals surface area contributed by atoms with Crippen molar-refractivity contribution in [2.75, 3.05) is 31.1 Å². The van der Waals surface area contributed by atoms with Crippen LogP contribution in [0.1, 0.15) is 22.5 Å². The molecule has 0 atom stereocenters. The predicted octanol–water partition coefficient (Wildman–Crippen LogP) is 3.20. The fourth-order valence-electron chi connectivity index (χ4n) is 2.80. The topological polar surface area (TPSA) is 40.6 Å². The minimum atomic E-state index is -0.247. The lowest BCUT2D eigenvalue weighted by Crippen LogP contribution is -2.48. The van der Waals surface area contributed by atoms with Crippen molar-refractivity contribution < 1.29 is 14.0 Å². The normalized spacial score (nSPS) is 14.7. The SMILES string of the molecule is O=C(CCC(=O)N1CCN(c2ccc(F)cc2)CC1)c1cccs1. The summed E-state index contributed by atoms with van der Waals surface area (Å²) in [6.45, 7) is 2.69. The number of thiophene rings is 1. The summed E-state index contributed by atoms with van der Waals surface area (Å²) >= 11 is 1.41. The van der Waals surface area contributed by atoms with Crippen molar-refractivity contribution in [2.24, 2.45) is 0 Å². The summed E-state index contributed by atoms with van der Waals surface area (Å²) < 4.78 is 13.0. The van der Waals surface area contributed by atoms with Gasteiger partial charge in [-0.15, -0.1) is 11.3 Å². The summed E-state index contributed by atoms with van der Waals surface area (Å²) in [5.41, 5.74) is 0.969. The molecule has 2 aromatic rings. The second-order valence-corrected chi connectivity index (χ2v) is 6.69. The Kier molecular flexibility index (Phi) is 5.25. The molecule has 4 nitrogen and oxygen atoms in total. The molecule has 126 valence electrons. The molecule has 0 bridgehead atoms. The highest BCUT2D eigenvalue weighted by molar-refractivity contribution is 7.12. The first-order valence-electron chi connectivity index (χ1n) is 7.98. The molecule has 0 unspecified atom stereocenters. The molecule has 2 heterocycles. The van der Waals surface area contributed by atoms with E-state index in [0.717, 1.165) is 18.8 Å². The van der Waals surface area contributed by atoms with Crippen LogP contribution >= 0.6 is 11.3 Å². The molecule has 1 aromatic carbocycles. The molecule has 1 aromatic heterocycles. The fraction of sp³-hybridized carbons (Fsp3) is 0.333. The second-order valence-electron chi connectivity index (χ2n) is 5.74. The van der Waals surface area contributed by atoms with Crippen LogP contribution in [0, 0.1) is 5.82 Å². The van der Waals surface area contributed by atoms with Crippen LogP contribution in [0.4, 0.5) is 10.1 Å². The Hall–Kier alpha value is -2.21. The van der Waals surface area contributed by atoms with Crippen molar-refractivity contribution in [3.63, 3.8) is 0 Å². The average molecular weight is 346 g/mol. The van der Waals surface area contributed by atoms with Gasteiger partial charge in [-0.05, 0) is 35.7 Å². The summed E-state index contributed by atoms with van der Waals surface area (Å²) in [6.07, 6.45) is 0.519. The number of hydrogen-bond donors (Lipinski definition) is 0. The Morgan fingerprint density at radius 3 is 2.33 bits per heavy atom. The van der Waals surface area contributed by atoms with Crippen molar-refractivity contribution in [2.45, 2.75) is 12.8 Å². The van der Waals surface area contributed by atoms with E-state index in [4.69, 9.17) is 0 Å². The molecule has 0 saturated carbocycles. The van der Waals surface area contributed by atoms with E-state index in [9.17, 15) is 14.0 Å². The van der Waals surface area contributed by atoms with Gasteiger partial charge in [-0.1, -0.05) is 6.07 Å². The molecule has 3 rings (SSSR count). The highest BCUT2D eigenvalue weighted by atomic mass is 32.1. The lowest BCUT2D eigenvalue weighted by Gasteiger charge is -2.36. The van der Waals surface area contributed by atoms with Gasteiger partial charge in [-0.25, -0.2) is 4.39 Å². The Bertz CT molecular complexity index is 692. The molecule has 1 amide bonds. The summed E-state index contributed by atoms with van der Waals surface area (Å²) in [6, 6.07) is 10.0. The van der Waals surface area contributed by atoms with Crippen molar-refractivity contribution in [3.8, 4) is 0 Å². The van der Waals surface area contributed by atoms with E-state index in [1.54, 1.807) is 18.2 Å². The minimum absolute atomic E-state index is 0.0265. The third-order valence-electron chi connectivity index (χ3n) is 4.19. The number of anilines is 1. The van der Waals surface area contributed by atoms with E-state index in [0.29, 0.717) is 18.0 Å². The van der Waals surface area contributed by atoms with Crippen LogP contribution in [0.25, 0.3) is 0 Å². The van der Waals surface area contributed by atoms with Crippen molar-refractivity contribution in [1.29, 1.82) is 0 Å². The Morgan fingerprint density at radius 2 is 1.71 bits per heavy atom. The number of carbonyl (C=O) groups excluding carboxylic acids is 2. The zero-order valence-corrected chi connectivity index (χ0v) is 14.1. The highest BCUT2D eigenvalue weighted by Gasteiger charge is 2.22. The van der Waals surface area contributed by atoms with Crippen molar-refractivity contribution >= 4 is 28.7 Å². The Morgan fingerprint density at radius 1 is 1.00 bits per heavy atom. The Labute approximate surface area is 144 Å². The number of carbonyl (C=O) groups is 2. The number of benzene rings is 1. The molecule has 24 heavy (non-hydrogen) atoms. The monoisotopic (exact) mass is 346 g/mol. The number of halogens is 1. The average Bonchev–Trinajstić information content (AvgIpc) is 3.15. The van der Waals surface area contributed by atoms with Gasteiger partial charge in [0.05, 0.1) is 4.88 Å². The largest absolute Gasteiger partial charge is 0.368 e. The minimum Gasteiger partial charge on any atom is -0.368 e. The van der Waals surface area contributed by atoms with Crippen LogP contribution < -0.4 is 4.90 Å². The van der Waals surface area contributed by atoms with Gasteiger partial charge >= 0.3 is 0 Å². The molecule has 1 fully saturated rings. The third-order valence-corrected chi connectivity index (χ3v) is 5.10. The number of Topliss-reactive ketones (excluding diaryl/α,β-unsaturated/α-hetero) is 1. The van der Waals surface area contributed by atoms with Gasteiger partial charge < -0.3 is 9.80 Å². The van der Waals surface area contributed by atoms with Gasteiger partial charge in [-0.3, -0.25) is 9.59 Å². The van der Waals surface area contributed by atoms with Gasteiger partial charge in [0.1, 0.15) is 5.82 Å². The first-order valence-corrected chi connectivity index (χ1v) is 8.86. The van der Waals surface area contributed by atoms with E-state index in [2.05, 4.69) is 4.90 Å². The highest BCUT2D eigenvalue weighted by Crippen LogP contribution is 2.18. The molecule has 0 aliphatic carbocycles. The first kappa shape index (κ1) is 16.6. The molecule has 0 radical (unpaired) electrons. The second kappa shape index (κ2) is 7.57. The summed E-state index contributed by atoms with van der Waals surface area (Å²) in [7, 11) is 0. The number of nitrogens with zero attached hydrogens (tertiary/aromatic N) is 2. The van der Waals surface area contributed by atoms with E-state index < -0.39 is 0 Å². The number of rotatable bonds is 5. The summed E-state index contributed by atoms with van der Waals surface area (Å²) in [5, 5.41) is 1.86. The molecule has 1 saturated heterocycles. The maximum Gasteiger partial charge on any atom is 0.223 e. The molecule has 1 aliphatic rings. The van der Waals surface area contributed by atoms with Gasteiger partial charge in [0.2, 0.25) is 5.91 Å².